The third-order valence-electron chi connectivity index (χ3n) is 4.66. The van der Waals surface area contributed by atoms with E-state index in [4.69, 9.17) is 10.1 Å². The van der Waals surface area contributed by atoms with Crippen molar-refractivity contribution < 1.29 is 0 Å². The molecular weight excluding hydrogens is 314 g/mol. The predicted molar refractivity (Wildman–Crippen MR) is 93.8 cm³/mol. The average Bonchev–Trinajstić information content (AvgIpc) is 3.25. The van der Waals surface area contributed by atoms with E-state index in [1.165, 1.54) is 12.8 Å². The number of nitrogens with zero attached hydrogens (tertiary/aromatic N) is 7. The topological polar surface area (TPSA) is 74.3 Å². The lowest BCUT2D eigenvalue weighted by Gasteiger charge is -2.14. The van der Waals surface area contributed by atoms with Gasteiger partial charge in [0.05, 0.1) is 12.2 Å². The number of aryl methyl sites for hydroxylation is 3. The highest BCUT2D eigenvalue weighted by Gasteiger charge is 2.30. The largest absolute Gasteiger partial charge is 0.264 e. The minimum atomic E-state index is 0.173. The van der Waals surface area contributed by atoms with Crippen LogP contribution in [-0.2, 0) is 6.54 Å². The Labute approximate surface area is 147 Å². The molecule has 0 saturated heterocycles. The van der Waals surface area contributed by atoms with Crippen LogP contribution in [0.1, 0.15) is 60.5 Å². The van der Waals surface area contributed by atoms with E-state index in [9.17, 15) is 0 Å². The van der Waals surface area contributed by atoms with E-state index in [1.54, 1.807) is 6.20 Å². The van der Waals surface area contributed by atoms with Gasteiger partial charge in [-0.15, -0.1) is 0 Å². The third kappa shape index (κ3) is 3.06. The Balaban J connectivity index is 1.72. The molecule has 0 amide bonds. The fourth-order valence-electron chi connectivity index (χ4n) is 3.13. The van der Waals surface area contributed by atoms with Gasteiger partial charge in [0.2, 0.25) is 0 Å². The first kappa shape index (κ1) is 15.9. The first-order valence-corrected chi connectivity index (χ1v) is 8.79. The lowest BCUT2D eigenvalue weighted by Crippen LogP contribution is -2.15. The van der Waals surface area contributed by atoms with Crippen LogP contribution in [0.25, 0.3) is 5.69 Å². The molecular formula is C18H23N7. The Morgan fingerprint density at radius 1 is 1.16 bits per heavy atom. The highest BCUT2D eigenvalue weighted by Crippen LogP contribution is 2.39. The molecule has 0 N–H and O–H groups in total. The monoisotopic (exact) mass is 337 g/mol. The fraction of sp³-hybridized carbons (Fsp3) is 0.500. The summed E-state index contributed by atoms with van der Waals surface area (Å²) in [7, 11) is 0. The van der Waals surface area contributed by atoms with E-state index in [0.29, 0.717) is 5.92 Å². The van der Waals surface area contributed by atoms with Crippen molar-refractivity contribution in [1.29, 1.82) is 0 Å². The van der Waals surface area contributed by atoms with Crippen LogP contribution in [-0.4, -0.2) is 34.5 Å². The number of rotatable bonds is 5. The molecule has 1 fully saturated rings. The van der Waals surface area contributed by atoms with Gasteiger partial charge in [0.15, 0.2) is 5.82 Å². The maximum Gasteiger partial charge on any atom is 0.154 e. The summed E-state index contributed by atoms with van der Waals surface area (Å²) in [6.07, 6.45) is 6.05. The summed E-state index contributed by atoms with van der Waals surface area (Å²) in [4.78, 5) is 13.5. The van der Waals surface area contributed by atoms with Gasteiger partial charge >= 0.3 is 0 Å². The molecule has 0 aliphatic heterocycles. The van der Waals surface area contributed by atoms with Crippen LogP contribution in [0.2, 0.25) is 0 Å². The second-order valence-corrected chi connectivity index (χ2v) is 6.97. The maximum absolute atomic E-state index is 4.89. The summed E-state index contributed by atoms with van der Waals surface area (Å²) < 4.78 is 3.95. The van der Waals surface area contributed by atoms with E-state index >= 15 is 0 Å². The predicted octanol–water partition coefficient (Wildman–Crippen LogP) is 2.86. The van der Waals surface area contributed by atoms with Crippen molar-refractivity contribution in [3.63, 3.8) is 0 Å². The van der Waals surface area contributed by atoms with Gasteiger partial charge in [-0.25, -0.2) is 19.3 Å². The normalized spacial score (nSPS) is 15.5. The molecule has 4 rings (SSSR count). The van der Waals surface area contributed by atoms with Gasteiger partial charge in [0.1, 0.15) is 17.5 Å². The standard InChI is InChI=1S/C18H23N7/c1-11-9-19-8-7-16(11)25-18(21-17(23-25)15-5-6-15)12(2)10-24-14(4)20-13(3)22-24/h7-9,12,15H,5-6,10H2,1-4H3/t12-/m0/s1. The summed E-state index contributed by atoms with van der Waals surface area (Å²) in [5.74, 6) is 4.36. The first-order chi connectivity index (χ1) is 12.0. The summed E-state index contributed by atoms with van der Waals surface area (Å²) in [6, 6.07) is 2.00. The summed E-state index contributed by atoms with van der Waals surface area (Å²) in [5, 5.41) is 9.31. The van der Waals surface area contributed by atoms with Crippen molar-refractivity contribution in [3.05, 3.63) is 47.3 Å². The lowest BCUT2D eigenvalue weighted by atomic mass is 10.1. The molecule has 130 valence electrons. The molecule has 0 spiro atoms. The Bertz CT molecular complexity index is 904. The fourth-order valence-corrected chi connectivity index (χ4v) is 3.13. The van der Waals surface area contributed by atoms with E-state index in [0.717, 1.165) is 41.1 Å². The minimum absolute atomic E-state index is 0.173. The molecule has 0 unspecified atom stereocenters. The van der Waals surface area contributed by atoms with Crippen LogP contribution >= 0.6 is 0 Å². The van der Waals surface area contributed by atoms with Gasteiger partial charge in [-0.1, -0.05) is 6.92 Å². The van der Waals surface area contributed by atoms with E-state index in [-0.39, 0.29) is 5.92 Å². The van der Waals surface area contributed by atoms with Crippen LogP contribution in [0.3, 0.4) is 0 Å². The van der Waals surface area contributed by atoms with E-state index in [1.807, 2.05) is 35.5 Å². The zero-order valence-electron chi connectivity index (χ0n) is 15.1. The first-order valence-electron chi connectivity index (χ1n) is 8.79. The van der Waals surface area contributed by atoms with Crippen LogP contribution in [0.15, 0.2) is 18.5 Å². The molecule has 1 atom stereocenters. The number of pyridine rings is 1. The molecule has 25 heavy (non-hydrogen) atoms. The molecule has 3 heterocycles. The van der Waals surface area contributed by atoms with Gasteiger partial charge in [0.25, 0.3) is 0 Å². The molecule has 3 aromatic heterocycles. The zero-order chi connectivity index (χ0) is 17.6. The second-order valence-electron chi connectivity index (χ2n) is 6.97. The SMILES string of the molecule is Cc1nc(C)n(C[C@H](C)c2nc(C3CC3)nn2-c2ccncc2C)n1. The summed E-state index contributed by atoms with van der Waals surface area (Å²) in [5.41, 5.74) is 2.14. The maximum atomic E-state index is 4.89. The zero-order valence-corrected chi connectivity index (χ0v) is 15.1. The van der Waals surface area contributed by atoms with E-state index < -0.39 is 0 Å². The molecule has 0 bridgehead atoms. The Kier molecular flexibility index (Phi) is 3.86. The molecule has 1 saturated carbocycles. The number of aromatic nitrogens is 7. The minimum Gasteiger partial charge on any atom is -0.264 e. The van der Waals surface area contributed by atoms with Crippen molar-refractivity contribution in [1.82, 2.24) is 34.5 Å². The van der Waals surface area contributed by atoms with Gasteiger partial charge in [-0.05, 0) is 45.2 Å². The van der Waals surface area contributed by atoms with Crippen molar-refractivity contribution in [2.45, 2.75) is 58.9 Å². The molecule has 7 nitrogen and oxygen atoms in total. The van der Waals surface area contributed by atoms with Gasteiger partial charge in [0, 0.05) is 24.2 Å². The quantitative estimate of drug-likeness (QED) is 0.716. The molecule has 3 aromatic rings. The van der Waals surface area contributed by atoms with Crippen molar-refractivity contribution in [2.24, 2.45) is 0 Å². The Hall–Kier alpha value is -2.57. The van der Waals surface area contributed by atoms with Crippen LogP contribution < -0.4 is 0 Å². The van der Waals surface area contributed by atoms with Gasteiger partial charge < -0.3 is 0 Å². The van der Waals surface area contributed by atoms with Crippen LogP contribution in [0.5, 0.6) is 0 Å². The smallest absolute Gasteiger partial charge is 0.154 e. The van der Waals surface area contributed by atoms with E-state index in [2.05, 4.69) is 28.9 Å². The van der Waals surface area contributed by atoms with Crippen molar-refractivity contribution in [3.8, 4) is 5.69 Å². The molecule has 1 aliphatic rings. The summed E-state index contributed by atoms with van der Waals surface area (Å²) >= 11 is 0. The number of hydrogen-bond acceptors (Lipinski definition) is 5. The van der Waals surface area contributed by atoms with Gasteiger partial charge in [-0.2, -0.15) is 10.2 Å². The second kappa shape index (κ2) is 6.06. The van der Waals surface area contributed by atoms with Crippen molar-refractivity contribution in [2.75, 3.05) is 0 Å². The Morgan fingerprint density at radius 3 is 2.60 bits per heavy atom. The Morgan fingerprint density at radius 2 is 1.96 bits per heavy atom. The highest BCUT2D eigenvalue weighted by molar-refractivity contribution is 5.38. The molecule has 7 heteroatoms. The van der Waals surface area contributed by atoms with Gasteiger partial charge in [-0.3, -0.25) is 4.98 Å². The molecule has 0 aromatic carbocycles. The van der Waals surface area contributed by atoms with Crippen molar-refractivity contribution >= 4 is 0 Å². The highest BCUT2D eigenvalue weighted by atomic mass is 15.4. The molecule has 0 radical (unpaired) electrons. The summed E-state index contributed by atoms with van der Waals surface area (Å²) in [6.45, 7) is 8.87. The number of hydrogen-bond donors (Lipinski definition) is 0. The molecule has 1 aliphatic carbocycles. The third-order valence-corrected chi connectivity index (χ3v) is 4.66. The average molecular weight is 337 g/mol. The lowest BCUT2D eigenvalue weighted by molar-refractivity contribution is 0.502. The van der Waals surface area contributed by atoms with Crippen LogP contribution in [0, 0.1) is 20.8 Å². The van der Waals surface area contributed by atoms with Crippen LogP contribution in [0.4, 0.5) is 0 Å².